The predicted molar refractivity (Wildman–Crippen MR) is 129 cm³/mol. The molecule has 8 atom stereocenters. The van der Waals surface area contributed by atoms with E-state index < -0.39 is 13.9 Å². The van der Waals surface area contributed by atoms with Gasteiger partial charge in [-0.05, 0) is 110 Å². The molecular weight excluding hydrogens is 384 g/mol. The second-order valence-electron chi connectivity index (χ2n) is 13.7. The Labute approximate surface area is 187 Å². The van der Waals surface area contributed by atoms with Crippen molar-refractivity contribution in [3.05, 3.63) is 12.7 Å². The second kappa shape index (κ2) is 7.19. The molecule has 0 radical (unpaired) electrons. The van der Waals surface area contributed by atoms with Gasteiger partial charge in [-0.1, -0.05) is 40.7 Å². The minimum atomic E-state index is -1.74. The van der Waals surface area contributed by atoms with Gasteiger partial charge in [-0.15, -0.1) is 6.58 Å². The summed E-state index contributed by atoms with van der Waals surface area (Å²) in [5.41, 5.74) is 0.171. The van der Waals surface area contributed by atoms with E-state index in [2.05, 4.69) is 54.3 Å². The molecule has 4 saturated carbocycles. The Morgan fingerprint density at radius 1 is 0.933 bits per heavy atom. The molecule has 0 heterocycles. The highest BCUT2D eigenvalue weighted by atomic mass is 28.4. The number of aliphatic hydroxyl groups is 1. The van der Waals surface area contributed by atoms with Crippen LogP contribution in [0.1, 0.15) is 92.4 Å². The molecule has 172 valence electrons. The molecule has 0 spiro atoms. The molecule has 0 aromatic rings. The van der Waals surface area contributed by atoms with Crippen LogP contribution in [0.4, 0.5) is 0 Å². The minimum absolute atomic E-state index is 0.286. The number of fused-ring (bicyclic) bond motifs is 5. The van der Waals surface area contributed by atoms with E-state index in [1.807, 2.05) is 6.08 Å². The lowest BCUT2D eigenvalue weighted by molar-refractivity contribution is -0.144. The molecule has 0 aromatic carbocycles. The molecule has 4 fully saturated rings. The van der Waals surface area contributed by atoms with E-state index in [4.69, 9.17) is 4.43 Å². The van der Waals surface area contributed by atoms with Crippen LogP contribution in [0.5, 0.6) is 0 Å². The Morgan fingerprint density at radius 3 is 2.23 bits per heavy atom. The fourth-order valence-electron chi connectivity index (χ4n) is 8.14. The fraction of sp³-hybridized carbons (Fsp3) is 0.926. The topological polar surface area (TPSA) is 29.5 Å². The molecule has 0 aliphatic heterocycles. The lowest BCUT2D eigenvalue weighted by Gasteiger charge is -2.62. The zero-order chi connectivity index (χ0) is 22.2. The molecule has 2 nitrogen and oxygen atoms in total. The average molecular weight is 433 g/mol. The number of hydrogen-bond donors (Lipinski definition) is 1. The van der Waals surface area contributed by atoms with Crippen molar-refractivity contribution in [3.63, 3.8) is 0 Å². The molecule has 30 heavy (non-hydrogen) atoms. The lowest BCUT2D eigenvalue weighted by atomic mass is 9.44. The van der Waals surface area contributed by atoms with E-state index >= 15 is 0 Å². The van der Waals surface area contributed by atoms with Gasteiger partial charge in [0, 0.05) is 0 Å². The van der Waals surface area contributed by atoms with E-state index in [9.17, 15) is 5.11 Å². The van der Waals surface area contributed by atoms with Crippen LogP contribution in [-0.4, -0.2) is 25.1 Å². The number of rotatable bonds is 3. The third-order valence-electron chi connectivity index (χ3n) is 11.3. The van der Waals surface area contributed by atoms with Crippen molar-refractivity contribution in [2.45, 2.75) is 122 Å². The van der Waals surface area contributed by atoms with Crippen LogP contribution in [-0.2, 0) is 4.43 Å². The maximum atomic E-state index is 10.9. The molecular formula is C27H48O2Si. The molecule has 0 bridgehead atoms. The summed E-state index contributed by atoms with van der Waals surface area (Å²) in [5, 5.41) is 11.2. The summed E-state index contributed by atoms with van der Waals surface area (Å²) < 4.78 is 7.08. The summed E-state index contributed by atoms with van der Waals surface area (Å²) in [5.74, 6) is 3.22. The molecule has 0 amide bonds. The van der Waals surface area contributed by atoms with Gasteiger partial charge in [-0.25, -0.2) is 0 Å². The van der Waals surface area contributed by atoms with Gasteiger partial charge < -0.3 is 9.53 Å². The van der Waals surface area contributed by atoms with Crippen molar-refractivity contribution >= 4 is 8.32 Å². The van der Waals surface area contributed by atoms with Crippen molar-refractivity contribution < 1.29 is 9.53 Å². The molecule has 0 saturated heterocycles. The van der Waals surface area contributed by atoms with Gasteiger partial charge in [-0.3, -0.25) is 0 Å². The van der Waals surface area contributed by atoms with Gasteiger partial charge in [0.05, 0.1) is 11.7 Å². The highest BCUT2D eigenvalue weighted by molar-refractivity contribution is 6.74. The number of hydrogen-bond acceptors (Lipinski definition) is 2. The summed E-state index contributed by atoms with van der Waals surface area (Å²) in [7, 11) is -1.74. The van der Waals surface area contributed by atoms with Crippen molar-refractivity contribution in [2.24, 2.45) is 34.5 Å². The first kappa shape index (κ1) is 23.0. The highest BCUT2D eigenvalue weighted by Crippen LogP contribution is 2.67. The van der Waals surface area contributed by atoms with Gasteiger partial charge in [0.25, 0.3) is 0 Å². The summed E-state index contributed by atoms with van der Waals surface area (Å²) in [6, 6.07) is 0. The summed E-state index contributed by atoms with van der Waals surface area (Å²) in [4.78, 5) is 0. The van der Waals surface area contributed by atoms with Gasteiger partial charge in [0.15, 0.2) is 8.32 Å². The molecule has 0 unspecified atom stereocenters. The maximum absolute atomic E-state index is 10.9. The van der Waals surface area contributed by atoms with Crippen LogP contribution in [0.25, 0.3) is 0 Å². The molecule has 3 heteroatoms. The second-order valence-corrected chi connectivity index (χ2v) is 18.4. The normalized spacial score (nSPS) is 49.1. The minimum Gasteiger partial charge on any atom is -0.413 e. The van der Waals surface area contributed by atoms with Gasteiger partial charge >= 0.3 is 0 Å². The molecule has 4 aliphatic carbocycles. The largest absolute Gasteiger partial charge is 0.413 e. The fourth-order valence-corrected chi connectivity index (χ4v) is 9.59. The van der Waals surface area contributed by atoms with E-state index in [0.29, 0.717) is 22.9 Å². The van der Waals surface area contributed by atoms with E-state index in [1.54, 1.807) is 0 Å². The third kappa shape index (κ3) is 3.41. The van der Waals surface area contributed by atoms with Crippen molar-refractivity contribution in [2.75, 3.05) is 0 Å². The monoisotopic (exact) mass is 432 g/mol. The van der Waals surface area contributed by atoms with Crippen LogP contribution >= 0.6 is 0 Å². The summed E-state index contributed by atoms with van der Waals surface area (Å²) in [6.45, 7) is 21.1. The van der Waals surface area contributed by atoms with Crippen LogP contribution in [0.15, 0.2) is 12.7 Å². The smallest absolute Gasteiger partial charge is 0.192 e. The predicted octanol–water partition coefficient (Wildman–Crippen LogP) is 7.34. The van der Waals surface area contributed by atoms with Crippen LogP contribution in [0.3, 0.4) is 0 Å². The standard InChI is InChI=1S/C27H48O2Si/c1-9-27(28)17-16-25(5)19(18-27)10-11-20-21-12-13-23(26(21,6)15-14-22(20)25)29-30(7,8)24(2,3)4/h9,19-23,28H,1,10-18H2,2-8H3/t19-,20-,21-,22-,23-,25-,26-,27+/m0/s1. The van der Waals surface area contributed by atoms with Crippen molar-refractivity contribution in [3.8, 4) is 0 Å². The Hall–Kier alpha value is -0.123. The molecule has 4 rings (SSSR count). The first-order chi connectivity index (χ1) is 13.8. The quantitative estimate of drug-likeness (QED) is 0.373. The highest BCUT2D eigenvalue weighted by Gasteiger charge is 2.62. The maximum Gasteiger partial charge on any atom is 0.192 e. The zero-order valence-corrected chi connectivity index (χ0v) is 21.9. The van der Waals surface area contributed by atoms with Gasteiger partial charge in [0.2, 0.25) is 0 Å². The zero-order valence-electron chi connectivity index (χ0n) is 20.9. The Balaban J connectivity index is 1.54. The molecule has 0 aromatic heterocycles. The van der Waals surface area contributed by atoms with E-state index in [0.717, 1.165) is 30.6 Å². The Bertz CT molecular complexity index is 681. The SMILES string of the molecule is C=C[C@@]1(O)CC[C@@]2(C)[C@@H](CC[C@@H]3[C@@H]2CC[C@]2(C)[C@@H](O[Si](C)(C)C(C)(C)C)CC[C@@H]32)C1. The van der Waals surface area contributed by atoms with Crippen molar-refractivity contribution in [1.29, 1.82) is 0 Å². The van der Waals surface area contributed by atoms with Crippen LogP contribution in [0.2, 0.25) is 18.1 Å². The third-order valence-corrected chi connectivity index (χ3v) is 15.8. The van der Waals surface area contributed by atoms with Crippen molar-refractivity contribution in [1.82, 2.24) is 0 Å². The molecule has 1 N–H and O–H groups in total. The first-order valence-corrected chi connectivity index (χ1v) is 15.7. The Kier molecular flexibility index (Phi) is 5.52. The van der Waals surface area contributed by atoms with Crippen LogP contribution in [0, 0.1) is 34.5 Å². The summed E-state index contributed by atoms with van der Waals surface area (Å²) >= 11 is 0. The molecule has 4 aliphatic rings. The van der Waals surface area contributed by atoms with Gasteiger partial charge in [0.1, 0.15) is 0 Å². The Morgan fingerprint density at radius 2 is 1.60 bits per heavy atom. The van der Waals surface area contributed by atoms with Crippen LogP contribution < -0.4 is 0 Å². The average Bonchev–Trinajstić information content (AvgIpc) is 2.97. The van der Waals surface area contributed by atoms with E-state index in [-0.39, 0.29) is 5.04 Å². The lowest BCUT2D eigenvalue weighted by Crippen LogP contribution is -2.57. The first-order valence-electron chi connectivity index (χ1n) is 12.8. The van der Waals surface area contributed by atoms with Gasteiger partial charge in [-0.2, -0.15) is 0 Å². The summed E-state index contributed by atoms with van der Waals surface area (Å²) in [6.07, 6.45) is 13.3. The van der Waals surface area contributed by atoms with E-state index in [1.165, 1.54) is 44.9 Å².